The Bertz CT molecular complexity index is 587. The van der Waals surface area contributed by atoms with Gasteiger partial charge in [0.1, 0.15) is 6.10 Å². The highest BCUT2D eigenvalue weighted by molar-refractivity contribution is 5.33. The average Bonchev–Trinajstić information content (AvgIpc) is 2.98. The SMILES string of the molecule is COc1cnc(N2CCC(Oc3ncc(C)cn3)C2)nc1. The lowest BCUT2D eigenvalue weighted by molar-refractivity contribution is 0.206. The Morgan fingerprint density at radius 1 is 1.10 bits per heavy atom. The fraction of sp³-hybridized carbons (Fsp3) is 0.429. The number of rotatable bonds is 4. The van der Waals surface area contributed by atoms with Crippen LogP contribution in [-0.4, -0.2) is 46.2 Å². The molecule has 0 spiro atoms. The number of aryl methyl sites for hydroxylation is 1. The second kappa shape index (κ2) is 5.90. The molecule has 0 bridgehead atoms. The van der Waals surface area contributed by atoms with E-state index in [-0.39, 0.29) is 6.10 Å². The highest BCUT2D eigenvalue weighted by atomic mass is 16.5. The van der Waals surface area contributed by atoms with Crippen molar-refractivity contribution in [2.75, 3.05) is 25.1 Å². The van der Waals surface area contributed by atoms with Gasteiger partial charge in [0.2, 0.25) is 5.95 Å². The van der Waals surface area contributed by atoms with Crippen molar-refractivity contribution in [2.24, 2.45) is 0 Å². The molecule has 0 aliphatic carbocycles. The van der Waals surface area contributed by atoms with Crippen molar-refractivity contribution >= 4 is 5.95 Å². The van der Waals surface area contributed by atoms with E-state index in [0.29, 0.717) is 17.7 Å². The molecule has 2 aromatic rings. The normalized spacial score (nSPS) is 17.8. The second-order valence-corrected chi connectivity index (χ2v) is 4.94. The zero-order valence-corrected chi connectivity index (χ0v) is 12.1. The minimum Gasteiger partial charge on any atom is -0.494 e. The minimum atomic E-state index is 0.0541. The third kappa shape index (κ3) is 3.18. The Balaban J connectivity index is 1.60. The number of hydrogen-bond acceptors (Lipinski definition) is 7. The maximum absolute atomic E-state index is 5.78. The number of aromatic nitrogens is 4. The van der Waals surface area contributed by atoms with Crippen molar-refractivity contribution in [1.29, 1.82) is 0 Å². The van der Waals surface area contributed by atoms with Crippen LogP contribution in [0.15, 0.2) is 24.8 Å². The van der Waals surface area contributed by atoms with E-state index in [4.69, 9.17) is 9.47 Å². The van der Waals surface area contributed by atoms with E-state index >= 15 is 0 Å². The second-order valence-electron chi connectivity index (χ2n) is 4.94. The van der Waals surface area contributed by atoms with Crippen molar-refractivity contribution in [1.82, 2.24) is 19.9 Å². The van der Waals surface area contributed by atoms with Crippen LogP contribution in [0, 0.1) is 6.92 Å². The standard InChI is InChI=1S/C14H17N5O2/c1-10-5-17-14(18-6-10)21-11-3-4-19(9-11)13-15-7-12(20-2)8-16-13/h5-8,11H,3-4,9H2,1-2H3. The first-order chi connectivity index (χ1) is 10.2. The lowest BCUT2D eigenvalue weighted by atomic mass is 10.3. The highest BCUT2D eigenvalue weighted by Crippen LogP contribution is 2.20. The van der Waals surface area contributed by atoms with Gasteiger partial charge in [0.15, 0.2) is 5.75 Å². The van der Waals surface area contributed by atoms with Crippen LogP contribution in [0.2, 0.25) is 0 Å². The molecule has 1 atom stereocenters. The van der Waals surface area contributed by atoms with E-state index in [9.17, 15) is 0 Å². The number of nitrogens with zero attached hydrogens (tertiary/aromatic N) is 5. The third-order valence-electron chi connectivity index (χ3n) is 3.31. The fourth-order valence-corrected chi connectivity index (χ4v) is 2.17. The van der Waals surface area contributed by atoms with E-state index < -0.39 is 0 Å². The molecule has 21 heavy (non-hydrogen) atoms. The lowest BCUT2D eigenvalue weighted by Gasteiger charge is -2.16. The summed E-state index contributed by atoms with van der Waals surface area (Å²) in [7, 11) is 1.60. The third-order valence-corrected chi connectivity index (χ3v) is 3.31. The van der Waals surface area contributed by atoms with Gasteiger partial charge in [-0.05, 0) is 12.5 Å². The van der Waals surface area contributed by atoms with Gasteiger partial charge in [0.25, 0.3) is 0 Å². The molecule has 0 saturated carbocycles. The quantitative estimate of drug-likeness (QED) is 0.837. The Morgan fingerprint density at radius 2 is 1.81 bits per heavy atom. The van der Waals surface area contributed by atoms with Gasteiger partial charge in [-0.2, -0.15) is 0 Å². The zero-order valence-electron chi connectivity index (χ0n) is 12.1. The van der Waals surface area contributed by atoms with Crippen LogP contribution in [0.5, 0.6) is 11.8 Å². The van der Waals surface area contributed by atoms with E-state index in [0.717, 1.165) is 25.1 Å². The van der Waals surface area contributed by atoms with E-state index in [1.807, 2.05) is 6.92 Å². The molecule has 7 nitrogen and oxygen atoms in total. The predicted octanol–water partition coefficient (Wildman–Crippen LogP) is 1.24. The molecular weight excluding hydrogens is 270 g/mol. The van der Waals surface area contributed by atoms with Crippen LogP contribution < -0.4 is 14.4 Å². The minimum absolute atomic E-state index is 0.0541. The Morgan fingerprint density at radius 3 is 2.48 bits per heavy atom. The van der Waals surface area contributed by atoms with Gasteiger partial charge < -0.3 is 14.4 Å². The van der Waals surface area contributed by atoms with Crippen LogP contribution in [0.25, 0.3) is 0 Å². The zero-order chi connectivity index (χ0) is 14.7. The van der Waals surface area contributed by atoms with Gasteiger partial charge in [-0.25, -0.2) is 19.9 Å². The molecule has 1 aliphatic heterocycles. The Hall–Kier alpha value is -2.44. The molecule has 1 unspecified atom stereocenters. The summed E-state index contributed by atoms with van der Waals surface area (Å²) in [5, 5.41) is 0. The number of anilines is 1. The van der Waals surface area contributed by atoms with E-state index in [1.54, 1.807) is 31.9 Å². The summed E-state index contributed by atoms with van der Waals surface area (Å²) in [6, 6.07) is 0.420. The van der Waals surface area contributed by atoms with Gasteiger partial charge in [-0.3, -0.25) is 0 Å². The largest absolute Gasteiger partial charge is 0.494 e. The van der Waals surface area contributed by atoms with Crippen LogP contribution in [0.1, 0.15) is 12.0 Å². The molecule has 1 fully saturated rings. The van der Waals surface area contributed by atoms with Gasteiger partial charge in [-0.1, -0.05) is 0 Å². The van der Waals surface area contributed by atoms with Crippen molar-refractivity contribution in [3.05, 3.63) is 30.4 Å². The maximum atomic E-state index is 5.78. The van der Waals surface area contributed by atoms with Crippen LogP contribution in [0.4, 0.5) is 5.95 Å². The van der Waals surface area contributed by atoms with Gasteiger partial charge >= 0.3 is 6.01 Å². The summed E-state index contributed by atoms with van der Waals surface area (Å²) in [6.07, 6.45) is 7.79. The summed E-state index contributed by atoms with van der Waals surface area (Å²) in [4.78, 5) is 19.0. The molecule has 0 aromatic carbocycles. The molecule has 0 amide bonds. The summed E-state index contributed by atoms with van der Waals surface area (Å²) >= 11 is 0. The first kappa shape index (κ1) is 13.5. The molecule has 0 N–H and O–H groups in total. The number of methoxy groups -OCH3 is 1. The molecule has 3 rings (SSSR count). The van der Waals surface area contributed by atoms with E-state index in [2.05, 4.69) is 24.8 Å². The summed E-state index contributed by atoms with van der Waals surface area (Å²) in [6.45, 7) is 3.52. The number of ether oxygens (including phenoxy) is 2. The first-order valence-corrected chi connectivity index (χ1v) is 6.81. The van der Waals surface area contributed by atoms with Crippen molar-refractivity contribution in [2.45, 2.75) is 19.4 Å². The predicted molar refractivity (Wildman–Crippen MR) is 76.6 cm³/mol. The Labute approximate surface area is 123 Å². The molecule has 3 heterocycles. The van der Waals surface area contributed by atoms with Gasteiger partial charge in [-0.15, -0.1) is 0 Å². The molecule has 1 saturated heterocycles. The molecule has 1 aliphatic rings. The van der Waals surface area contributed by atoms with E-state index in [1.165, 1.54) is 0 Å². The summed E-state index contributed by atoms with van der Waals surface area (Å²) < 4.78 is 10.8. The smallest absolute Gasteiger partial charge is 0.316 e. The number of hydrogen-bond donors (Lipinski definition) is 0. The molecule has 7 heteroatoms. The summed E-state index contributed by atoms with van der Waals surface area (Å²) in [5.41, 5.74) is 1.02. The van der Waals surface area contributed by atoms with Crippen LogP contribution >= 0.6 is 0 Å². The van der Waals surface area contributed by atoms with Crippen molar-refractivity contribution in [3.8, 4) is 11.8 Å². The average molecular weight is 287 g/mol. The van der Waals surface area contributed by atoms with Crippen LogP contribution in [-0.2, 0) is 0 Å². The molecule has 110 valence electrons. The fourth-order valence-electron chi connectivity index (χ4n) is 2.17. The lowest BCUT2D eigenvalue weighted by Crippen LogP contribution is -2.26. The monoisotopic (exact) mass is 287 g/mol. The Kier molecular flexibility index (Phi) is 3.81. The molecular formula is C14H17N5O2. The van der Waals surface area contributed by atoms with Gasteiger partial charge in [0, 0.05) is 25.4 Å². The summed E-state index contributed by atoms with van der Waals surface area (Å²) in [5.74, 6) is 1.34. The topological polar surface area (TPSA) is 73.3 Å². The van der Waals surface area contributed by atoms with Crippen molar-refractivity contribution < 1.29 is 9.47 Å². The van der Waals surface area contributed by atoms with Gasteiger partial charge in [0.05, 0.1) is 26.0 Å². The molecule has 2 aromatic heterocycles. The van der Waals surface area contributed by atoms with Crippen molar-refractivity contribution in [3.63, 3.8) is 0 Å². The first-order valence-electron chi connectivity index (χ1n) is 6.81. The maximum Gasteiger partial charge on any atom is 0.316 e. The highest BCUT2D eigenvalue weighted by Gasteiger charge is 2.26. The molecule has 0 radical (unpaired) electrons. The van der Waals surface area contributed by atoms with Crippen LogP contribution in [0.3, 0.4) is 0 Å².